The molecule has 0 unspecified atom stereocenters. The van der Waals surface area contributed by atoms with Gasteiger partial charge >= 0.3 is 0 Å². The first-order valence-electron chi connectivity index (χ1n) is 9.35. The first-order chi connectivity index (χ1) is 12.4. The zero-order valence-corrected chi connectivity index (χ0v) is 15.6. The summed E-state index contributed by atoms with van der Waals surface area (Å²) >= 11 is 0. The zero-order valence-electron chi connectivity index (χ0n) is 15.6. The Morgan fingerprint density at radius 2 is 2.00 bits per heavy atom. The Labute approximate surface area is 154 Å². The van der Waals surface area contributed by atoms with E-state index in [9.17, 15) is 4.79 Å². The van der Waals surface area contributed by atoms with E-state index in [4.69, 9.17) is 16.5 Å². The Morgan fingerprint density at radius 1 is 1.27 bits per heavy atom. The van der Waals surface area contributed by atoms with Crippen LogP contribution >= 0.6 is 0 Å². The zero-order chi connectivity index (χ0) is 18.7. The molecule has 1 amide bonds. The Morgan fingerprint density at radius 3 is 2.69 bits per heavy atom. The number of amides is 1. The quantitative estimate of drug-likeness (QED) is 0.770. The van der Waals surface area contributed by atoms with Gasteiger partial charge in [0.1, 0.15) is 5.66 Å². The minimum atomic E-state index is -0.522. The van der Waals surface area contributed by atoms with E-state index in [1.807, 2.05) is 36.9 Å². The SMILES string of the molecule is CCCC(=O)Nc1ccc(C)cc1N1C(N)=NC(N)=NC12CCCCC2. The number of nitrogens with one attached hydrogen (secondary N) is 1. The molecule has 26 heavy (non-hydrogen) atoms. The smallest absolute Gasteiger partial charge is 0.224 e. The molecule has 5 N–H and O–H groups in total. The van der Waals surface area contributed by atoms with Gasteiger partial charge in [-0.1, -0.05) is 19.4 Å². The van der Waals surface area contributed by atoms with Crippen molar-refractivity contribution >= 4 is 29.2 Å². The summed E-state index contributed by atoms with van der Waals surface area (Å²) in [6.45, 7) is 4.00. The molecule has 0 atom stereocenters. The molecule has 1 aliphatic carbocycles. The average Bonchev–Trinajstić information content (AvgIpc) is 2.57. The fourth-order valence-corrected chi connectivity index (χ4v) is 3.84. The number of benzene rings is 1. The highest BCUT2D eigenvalue weighted by atomic mass is 16.1. The van der Waals surface area contributed by atoms with E-state index in [2.05, 4.69) is 10.3 Å². The maximum absolute atomic E-state index is 12.2. The van der Waals surface area contributed by atoms with Gasteiger partial charge in [0, 0.05) is 6.42 Å². The summed E-state index contributed by atoms with van der Waals surface area (Å²) in [6, 6.07) is 5.93. The number of carbonyl (C=O) groups is 1. The minimum absolute atomic E-state index is 0.00849. The van der Waals surface area contributed by atoms with E-state index in [-0.39, 0.29) is 11.9 Å². The first-order valence-corrected chi connectivity index (χ1v) is 9.35. The maximum atomic E-state index is 12.2. The van der Waals surface area contributed by atoms with Crippen molar-refractivity contribution in [3.8, 4) is 0 Å². The lowest BCUT2D eigenvalue weighted by molar-refractivity contribution is -0.116. The molecule has 7 heteroatoms. The van der Waals surface area contributed by atoms with Crippen molar-refractivity contribution in [2.24, 2.45) is 21.5 Å². The van der Waals surface area contributed by atoms with Gasteiger partial charge in [-0.15, -0.1) is 0 Å². The van der Waals surface area contributed by atoms with Crippen LogP contribution in [0.25, 0.3) is 0 Å². The number of aryl methyl sites for hydroxylation is 1. The van der Waals surface area contributed by atoms with Gasteiger partial charge in [0.2, 0.25) is 17.8 Å². The van der Waals surface area contributed by atoms with Crippen LogP contribution in [0.15, 0.2) is 28.2 Å². The highest BCUT2D eigenvalue weighted by molar-refractivity contribution is 6.08. The van der Waals surface area contributed by atoms with Crippen LogP contribution in [0, 0.1) is 6.92 Å². The maximum Gasteiger partial charge on any atom is 0.224 e. The lowest BCUT2D eigenvalue weighted by atomic mass is 9.87. The van der Waals surface area contributed by atoms with Gasteiger partial charge < -0.3 is 16.8 Å². The first kappa shape index (κ1) is 18.2. The van der Waals surface area contributed by atoms with Crippen LogP contribution in [-0.2, 0) is 4.79 Å². The monoisotopic (exact) mass is 356 g/mol. The number of hydrogen-bond donors (Lipinski definition) is 3. The van der Waals surface area contributed by atoms with E-state index in [1.165, 1.54) is 6.42 Å². The molecule has 1 saturated carbocycles. The van der Waals surface area contributed by atoms with Gasteiger partial charge in [0.25, 0.3) is 0 Å². The van der Waals surface area contributed by atoms with Crippen LogP contribution in [-0.4, -0.2) is 23.5 Å². The van der Waals surface area contributed by atoms with Crippen molar-refractivity contribution in [2.75, 3.05) is 10.2 Å². The summed E-state index contributed by atoms with van der Waals surface area (Å²) < 4.78 is 0. The summed E-state index contributed by atoms with van der Waals surface area (Å²) in [4.78, 5) is 23.1. The molecule has 1 aliphatic heterocycles. The number of carbonyl (C=O) groups excluding carboxylic acids is 1. The number of nitrogens with zero attached hydrogens (tertiary/aromatic N) is 3. The Kier molecular flexibility index (Phi) is 5.15. The molecular formula is C19H28N6O. The lowest BCUT2D eigenvalue weighted by Crippen LogP contribution is -2.58. The molecule has 7 nitrogen and oxygen atoms in total. The third-order valence-electron chi connectivity index (χ3n) is 5.00. The molecule has 2 aliphatic rings. The van der Waals surface area contributed by atoms with Crippen LogP contribution in [0.1, 0.15) is 57.4 Å². The molecular weight excluding hydrogens is 328 g/mol. The topological polar surface area (TPSA) is 109 Å². The van der Waals surface area contributed by atoms with E-state index in [1.54, 1.807) is 0 Å². The molecule has 1 fully saturated rings. The van der Waals surface area contributed by atoms with Gasteiger partial charge in [0.05, 0.1) is 11.4 Å². The third kappa shape index (κ3) is 3.52. The number of aliphatic imine (C=N–C) groups is 2. The number of anilines is 2. The summed E-state index contributed by atoms with van der Waals surface area (Å²) in [6.07, 6.45) is 6.29. The molecule has 0 radical (unpaired) electrons. The molecule has 0 saturated heterocycles. The molecule has 3 rings (SSSR count). The standard InChI is InChI=1S/C19H28N6O/c1-3-7-16(26)22-14-9-8-13(2)12-15(14)25-18(21)23-17(20)24-19(25)10-5-4-6-11-19/h8-9,12H,3-7,10-11H2,1-2H3,(H,22,26)(H4,20,21,23,24). The van der Waals surface area contributed by atoms with Gasteiger partial charge in [-0.3, -0.25) is 9.69 Å². The predicted molar refractivity (Wildman–Crippen MR) is 106 cm³/mol. The highest BCUT2D eigenvalue weighted by Gasteiger charge is 2.43. The van der Waals surface area contributed by atoms with Gasteiger partial charge in [0.15, 0.2) is 0 Å². The number of rotatable bonds is 4. The van der Waals surface area contributed by atoms with Gasteiger partial charge in [-0.05, 0) is 56.7 Å². The fourth-order valence-electron chi connectivity index (χ4n) is 3.84. The average molecular weight is 356 g/mol. The molecule has 140 valence electrons. The largest absolute Gasteiger partial charge is 0.369 e. The molecule has 1 heterocycles. The van der Waals surface area contributed by atoms with Crippen molar-refractivity contribution in [1.82, 2.24) is 0 Å². The van der Waals surface area contributed by atoms with Crippen LogP contribution in [0.4, 0.5) is 11.4 Å². The molecule has 0 bridgehead atoms. The second-order valence-electron chi connectivity index (χ2n) is 7.14. The van der Waals surface area contributed by atoms with Crippen molar-refractivity contribution in [2.45, 2.75) is 64.5 Å². The summed E-state index contributed by atoms with van der Waals surface area (Å²) in [5.74, 6) is 0.548. The Hall–Kier alpha value is -2.57. The predicted octanol–water partition coefficient (Wildman–Crippen LogP) is 2.84. The normalized spacial score (nSPS) is 19.1. The van der Waals surface area contributed by atoms with Crippen molar-refractivity contribution in [3.05, 3.63) is 23.8 Å². The molecule has 1 aromatic carbocycles. The van der Waals surface area contributed by atoms with Crippen LogP contribution in [0.5, 0.6) is 0 Å². The van der Waals surface area contributed by atoms with E-state index in [0.717, 1.165) is 49.0 Å². The van der Waals surface area contributed by atoms with Crippen LogP contribution < -0.4 is 21.7 Å². The molecule has 0 aromatic heterocycles. The second kappa shape index (κ2) is 7.35. The summed E-state index contributed by atoms with van der Waals surface area (Å²) in [5.41, 5.74) is 14.4. The van der Waals surface area contributed by atoms with Gasteiger partial charge in [-0.2, -0.15) is 4.99 Å². The molecule has 1 aromatic rings. The lowest BCUT2D eigenvalue weighted by Gasteiger charge is -2.46. The number of guanidine groups is 2. The van der Waals surface area contributed by atoms with E-state index < -0.39 is 5.66 Å². The summed E-state index contributed by atoms with van der Waals surface area (Å²) in [5, 5.41) is 3.02. The van der Waals surface area contributed by atoms with Crippen molar-refractivity contribution < 1.29 is 4.79 Å². The van der Waals surface area contributed by atoms with Crippen LogP contribution in [0.3, 0.4) is 0 Å². The van der Waals surface area contributed by atoms with Crippen molar-refractivity contribution in [3.63, 3.8) is 0 Å². The molecule has 1 spiro atoms. The minimum Gasteiger partial charge on any atom is -0.369 e. The fraction of sp³-hybridized carbons (Fsp3) is 0.526. The number of nitrogens with two attached hydrogens (primary N) is 2. The van der Waals surface area contributed by atoms with E-state index in [0.29, 0.717) is 12.4 Å². The van der Waals surface area contributed by atoms with Gasteiger partial charge in [-0.25, -0.2) is 4.99 Å². The number of hydrogen-bond acceptors (Lipinski definition) is 6. The van der Waals surface area contributed by atoms with Crippen LogP contribution in [0.2, 0.25) is 0 Å². The Balaban J connectivity index is 2.06. The Bertz CT molecular complexity index is 748. The second-order valence-corrected chi connectivity index (χ2v) is 7.14. The van der Waals surface area contributed by atoms with Crippen molar-refractivity contribution in [1.29, 1.82) is 0 Å². The highest BCUT2D eigenvalue weighted by Crippen LogP contribution is 2.42. The third-order valence-corrected chi connectivity index (χ3v) is 5.00. The summed E-state index contributed by atoms with van der Waals surface area (Å²) in [7, 11) is 0. The van der Waals surface area contributed by atoms with E-state index >= 15 is 0 Å².